The normalized spacial score (nSPS) is 10.3. The molecule has 3 rings (SSSR count). The van der Waals surface area contributed by atoms with Gasteiger partial charge in [-0.2, -0.15) is 0 Å². The summed E-state index contributed by atoms with van der Waals surface area (Å²) in [4.78, 5) is 25.1. The van der Waals surface area contributed by atoms with Gasteiger partial charge in [0.2, 0.25) is 0 Å². The summed E-state index contributed by atoms with van der Waals surface area (Å²) in [6.07, 6.45) is 0. The molecule has 0 spiro atoms. The number of hydrogen-bond donors (Lipinski definition) is 2. The number of nitrogens with one attached hydrogen (secondary N) is 2. The van der Waals surface area contributed by atoms with E-state index in [9.17, 15) is 9.59 Å². The predicted molar refractivity (Wildman–Crippen MR) is 103 cm³/mol. The summed E-state index contributed by atoms with van der Waals surface area (Å²) >= 11 is 13.3. The van der Waals surface area contributed by atoms with Crippen molar-refractivity contribution >= 4 is 57.7 Å². The average molecular weight is 391 g/mol. The van der Waals surface area contributed by atoms with Gasteiger partial charge in [-0.1, -0.05) is 35.3 Å². The molecule has 1 heterocycles. The molecule has 2 amide bonds. The Bertz CT molecular complexity index is 927. The van der Waals surface area contributed by atoms with Crippen LogP contribution in [0.15, 0.2) is 60.0 Å². The van der Waals surface area contributed by atoms with Gasteiger partial charge in [0.05, 0.1) is 15.6 Å². The van der Waals surface area contributed by atoms with Crippen LogP contribution in [0.4, 0.5) is 11.4 Å². The molecule has 0 aliphatic heterocycles. The van der Waals surface area contributed by atoms with Crippen LogP contribution in [0.25, 0.3) is 0 Å². The van der Waals surface area contributed by atoms with E-state index in [4.69, 9.17) is 23.2 Å². The van der Waals surface area contributed by atoms with Crippen molar-refractivity contribution in [3.63, 3.8) is 0 Å². The van der Waals surface area contributed by atoms with E-state index in [1.807, 2.05) is 5.38 Å². The molecule has 0 saturated carbocycles. The van der Waals surface area contributed by atoms with Crippen LogP contribution in [0.1, 0.15) is 20.0 Å². The van der Waals surface area contributed by atoms with Gasteiger partial charge in [-0.05, 0) is 47.8 Å². The molecule has 1 aromatic heterocycles. The third kappa shape index (κ3) is 4.39. The lowest BCUT2D eigenvalue weighted by molar-refractivity contribution is 0.101. The summed E-state index contributed by atoms with van der Waals surface area (Å²) in [6.45, 7) is 0. The summed E-state index contributed by atoms with van der Waals surface area (Å²) in [5.74, 6) is -0.551. The van der Waals surface area contributed by atoms with E-state index in [1.165, 1.54) is 11.3 Å². The van der Waals surface area contributed by atoms with Gasteiger partial charge in [-0.15, -0.1) is 11.3 Å². The maximum Gasteiger partial charge on any atom is 0.265 e. The van der Waals surface area contributed by atoms with Crippen LogP contribution in [0.3, 0.4) is 0 Å². The minimum absolute atomic E-state index is 0.215. The fraction of sp³-hybridized carbons (Fsp3) is 0. The Labute approximate surface area is 158 Å². The smallest absolute Gasteiger partial charge is 0.265 e. The minimum Gasteiger partial charge on any atom is -0.321 e. The van der Waals surface area contributed by atoms with Crippen molar-refractivity contribution in [2.75, 3.05) is 10.6 Å². The molecule has 0 aliphatic rings. The first kappa shape index (κ1) is 17.5. The van der Waals surface area contributed by atoms with Gasteiger partial charge in [0.1, 0.15) is 0 Å². The molecule has 7 heteroatoms. The SMILES string of the molecule is O=C(Nc1ccc(Cl)cc1Cl)c1cccc(NC(=O)c2cccs2)c1. The topological polar surface area (TPSA) is 58.2 Å². The Balaban J connectivity index is 1.74. The molecule has 25 heavy (non-hydrogen) atoms. The highest BCUT2D eigenvalue weighted by Crippen LogP contribution is 2.26. The Morgan fingerprint density at radius 3 is 2.44 bits per heavy atom. The molecule has 3 aromatic rings. The van der Waals surface area contributed by atoms with Crippen LogP contribution < -0.4 is 10.6 Å². The summed E-state index contributed by atoms with van der Waals surface area (Å²) in [5, 5.41) is 8.16. The molecule has 2 aromatic carbocycles. The zero-order valence-electron chi connectivity index (χ0n) is 12.8. The molecular formula is C18H12Cl2N2O2S. The zero-order chi connectivity index (χ0) is 17.8. The second-order valence-corrected chi connectivity index (χ2v) is 6.88. The van der Waals surface area contributed by atoms with Gasteiger partial charge in [0.15, 0.2) is 0 Å². The highest BCUT2D eigenvalue weighted by atomic mass is 35.5. The van der Waals surface area contributed by atoms with E-state index < -0.39 is 0 Å². The largest absolute Gasteiger partial charge is 0.321 e. The summed E-state index contributed by atoms with van der Waals surface area (Å²) in [6, 6.07) is 15.0. The number of amides is 2. The second-order valence-electron chi connectivity index (χ2n) is 5.09. The maximum atomic E-state index is 12.4. The van der Waals surface area contributed by atoms with E-state index >= 15 is 0 Å². The first-order valence-electron chi connectivity index (χ1n) is 7.24. The quantitative estimate of drug-likeness (QED) is 0.612. The lowest BCUT2D eigenvalue weighted by atomic mass is 10.1. The van der Waals surface area contributed by atoms with Crippen molar-refractivity contribution in [3.05, 3.63) is 80.5 Å². The zero-order valence-corrected chi connectivity index (χ0v) is 15.1. The third-order valence-corrected chi connectivity index (χ3v) is 4.72. The summed E-state index contributed by atoms with van der Waals surface area (Å²) < 4.78 is 0. The third-order valence-electron chi connectivity index (χ3n) is 3.31. The highest BCUT2D eigenvalue weighted by Gasteiger charge is 2.11. The summed E-state index contributed by atoms with van der Waals surface area (Å²) in [5.41, 5.74) is 1.40. The van der Waals surface area contributed by atoms with E-state index in [1.54, 1.807) is 54.6 Å². The van der Waals surface area contributed by atoms with Crippen molar-refractivity contribution < 1.29 is 9.59 Å². The number of carbonyl (C=O) groups is 2. The number of halogens is 2. The number of rotatable bonds is 4. The molecule has 0 unspecified atom stereocenters. The van der Waals surface area contributed by atoms with Crippen molar-refractivity contribution in [1.29, 1.82) is 0 Å². The van der Waals surface area contributed by atoms with Gasteiger partial charge in [-0.25, -0.2) is 0 Å². The Morgan fingerprint density at radius 1 is 0.880 bits per heavy atom. The van der Waals surface area contributed by atoms with Crippen LogP contribution in [0, 0.1) is 0 Å². The minimum atomic E-state index is -0.337. The number of carbonyl (C=O) groups excluding carboxylic acids is 2. The first-order chi connectivity index (χ1) is 12.0. The van der Waals surface area contributed by atoms with Gasteiger partial charge in [0.25, 0.3) is 11.8 Å². The van der Waals surface area contributed by atoms with E-state index in [0.717, 1.165) is 0 Å². The monoisotopic (exact) mass is 390 g/mol. The molecule has 4 nitrogen and oxygen atoms in total. The molecule has 0 fully saturated rings. The second kappa shape index (κ2) is 7.70. The van der Waals surface area contributed by atoms with Gasteiger partial charge in [-0.3, -0.25) is 9.59 Å². The standard InChI is InChI=1S/C18H12Cl2N2O2S/c19-12-6-7-15(14(20)10-12)22-17(23)11-3-1-4-13(9-11)21-18(24)16-5-2-8-25-16/h1-10H,(H,21,24)(H,22,23). The van der Waals surface area contributed by atoms with Crippen molar-refractivity contribution in [2.24, 2.45) is 0 Å². The molecule has 0 bridgehead atoms. The van der Waals surface area contributed by atoms with Gasteiger partial charge in [0, 0.05) is 16.3 Å². The van der Waals surface area contributed by atoms with Crippen molar-refractivity contribution in [3.8, 4) is 0 Å². The molecule has 0 aliphatic carbocycles. The molecule has 0 radical (unpaired) electrons. The average Bonchev–Trinajstić information content (AvgIpc) is 3.12. The predicted octanol–water partition coefficient (Wildman–Crippen LogP) is 5.56. The lowest BCUT2D eigenvalue weighted by Crippen LogP contribution is -2.14. The maximum absolute atomic E-state index is 12.4. The van der Waals surface area contributed by atoms with Crippen molar-refractivity contribution in [2.45, 2.75) is 0 Å². The van der Waals surface area contributed by atoms with Gasteiger partial charge >= 0.3 is 0 Å². The summed E-state index contributed by atoms with van der Waals surface area (Å²) in [7, 11) is 0. The van der Waals surface area contributed by atoms with Crippen LogP contribution >= 0.6 is 34.5 Å². The molecule has 0 saturated heterocycles. The van der Waals surface area contributed by atoms with E-state index in [2.05, 4.69) is 10.6 Å². The molecule has 126 valence electrons. The number of benzene rings is 2. The highest BCUT2D eigenvalue weighted by molar-refractivity contribution is 7.12. The fourth-order valence-electron chi connectivity index (χ4n) is 2.12. The van der Waals surface area contributed by atoms with Crippen LogP contribution in [-0.2, 0) is 0 Å². The number of anilines is 2. The number of thiophene rings is 1. The Hall–Kier alpha value is -2.34. The van der Waals surface area contributed by atoms with Crippen LogP contribution in [-0.4, -0.2) is 11.8 Å². The lowest BCUT2D eigenvalue weighted by Gasteiger charge is -2.09. The van der Waals surface area contributed by atoms with Gasteiger partial charge < -0.3 is 10.6 Å². The Morgan fingerprint density at radius 2 is 1.72 bits per heavy atom. The Kier molecular flexibility index (Phi) is 5.38. The first-order valence-corrected chi connectivity index (χ1v) is 8.88. The van der Waals surface area contributed by atoms with E-state index in [0.29, 0.717) is 31.9 Å². The fourth-order valence-corrected chi connectivity index (χ4v) is 3.20. The van der Waals surface area contributed by atoms with E-state index in [-0.39, 0.29) is 11.8 Å². The van der Waals surface area contributed by atoms with Crippen LogP contribution in [0.2, 0.25) is 10.0 Å². The molecular weight excluding hydrogens is 379 g/mol. The van der Waals surface area contributed by atoms with Crippen LogP contribution in [0.5, 0.6) is 0 Å². The molecule has 0 atom stereocenters. The molecule has 2 N–H and O–H groups in total. The number of hydrogen-bond acceptors (Lipinski definition) is 3. The van der Waals surface area contributed by atoms with Crippen molar-refractivity contribution in [1.82, 2.24) is 0 Å².